The standard InChI is InChI=1S/C17H30N2/c1-2-3-5-10-16(14-17-18-11-12-19-17)13-15-8-6-4-7-9-15/h11-12,15-16H,2-10,13-14H2,1H3,(H,18,19). The Morgan fingerprint density at radius 3 is 2.79 bits per heavy atom. The van der Waals surface area contributed by atoms with Gasteiger partial charge in [-0.1, -0.05) is 64.7 Å². The third kappa shape index (κ3) is 5.38. The molecule has 0 aliphatic heterocycles. The minimum absolute atomic E-state index is 0.848. The lowest BCUT2D eigenvalue weighted by molar-refractivity contribution is 0.272. The molecular formula is C17H30N2. The number of unbranched alkanes of at least 4 members (excludes halogenated alkanes) is 2. The van der Waals surface area contributed by atoms with Gasteiger partial charge in [-0.2, -0.15) is 0 Å². The van der Waals surface area contributed by atoms with Gasteiger partial charge in [0.05, 0.1) is 0 Å². The molecule has 1 unspecified atom stereocenters. The zero-order valence-corrected chi connectivity index (χ0v) is 12.5. The number of hydrogen-bond acceptors (Lipinski definition) is 1. The third-order valence-corrected chi connectivity index (χ3v) is 4.64. The summed E-state index contributed by atoms with van der Waals surface area (Å²) in [6.45, 7) is 2.29. The second kappa shape index (κ2) is 8.39. The number of aromatic amines is 1. The molecule has 1 aliphatic carbocycles. The molecule has 0 radical (unpaired) electrons. The van der Waals surface area contributed by atoms with Gasteiger partial charge in [0, 0.05) is 18.8 Å². The van der Waals surface area contributed by atoms with E-state index in [0.29, 0.717) is 0 Å². The van der Waals surface area contributed by atoms with Crippen LogP contribution in [-0.2, 0) is 6.42 Å². The fourth-order valence-corrected chi connectivity index (χ4v) is 3.56. The molecule has 19 heavy (non-hydrogen) atoms. The molecule has 1 saturated carbocycles. The zero-order chi connectivity index (χ0) is 13.3. The van der Waals surface area contributed by atoms with Crippen LogP contribution in [0.2, 0.25) is 0 Å². The topological polar surface area (TPSA) is 28.7 Å². The van der Waals surface area contributed by atoms with Crippen LogP contribution in [0.3, 0.4) is 0 Å². The predicted molar refractivity (Wildman–Crippen MR) is 81.1 cm³/mol. The Balaban J connectivity index is 1.81. The highest BCUT2D eigenvalue weighted by Gasteiger charge is 2.19. The first kappa shape index (κ1) is 14.6. The summed E-state index contributed by atoms with van der Waals surface area (Å²) in [6.07, 6.45) is 19.3. The summed E-state index contributed by atoms with van der Waals surface area (Å²) < 4.78 is 0. The summed E-state index contributed by atoms with van der Waals surface area (Å²) in [7, 11) is 0. The highest BCUT2D eigenvalue weighted by Crippen LogP contribution is 2.31. The zero-order valence-electron chi connectivity index (χ0n) is 12.5. The number of nitrogens with one attached hydrogen (secondary N) is 1. The van der Waals surface area contributed by atoms with Crippen LogP contribution in [0.15, 0.2) is 12.4 Å². The molecule has 1 aromatic rings. The Morgan fingerprint density at radius 2 is 2.11 bits per heavy atom. The van der Waals surface area contributed by atoms with Gasteiger partial charge < -0.3 is 4.98 Å². The van der Waals surface area contributed by atoms with Crippen molar-refractivity contribution in [3.8, 4) is 0 Å². The summed E-state index contributed by atoms with van der Waals surface area (Å²) in [5.41, 5.74) is 0. The van der Waals surface area contributed by atoms with E-state index in [1.54, 1.807) is 0 Å². The van der Waals surface area contributed by atoms with E-state index in [1.807, 2.05) is 12.4 Å². The van der Waals surface area contributed by atoms with E-state index in [0.717, 1.165) is 18.3 Å². The summed E-state index contributed by atoms with van der Waals surface area (Å²) in [5, 5.41) is 0. The van der Waals surface area contributed by atoms with Crippen molar-refractivity contribution in [3.05, 3.63) is 18.2 Å². The van der Waals surface area contributed by atoms with Gasteiger partial charge in [-0.15, -0.1) is 0 Å². The van der Waals surface area contributed by atoms with Crippen LogP contribution >= 0.6 is 0 Å². The lowest BCUT2D eigenvalue weighted by Crippen LogP contribution is -2.15. The Labute approximate surface area is 118 Å². The average Bonchev–Trinajstić information content (AvgIpc) is 2.93. The quantitative estimate of drug-likeness (QED) is 0.647. The second-order valence-electron chi connectivity index (χ2n) is 6.34. The summed E-state index contributed by atoms with van der Waals surface area (Å²) in [5.74, 6) is 3.04. The van der Waals surface area contributed by atoms with Crippen LogP contribution in [0.4, 0.5) is 0 Å². The van der Waals surface area contributed by atoms with Crippen LogP contribution in [0.5, 0.6) is 0 Å². The van der Waals surface area contributed by atoms with E-state index in [2.05, 4.69) is 16.9 Å². The van der Waals surface area contributed by atoms with Crippen LogP contribution in [0.25, 0.3) is 0 Å². The molecule has 0 amide bonds. The van der Waals surface area contributed by atoms with E-state index >= 15 is 0 Å². The molecule has 2 nitrogen and oxygen atoms in total. The maximum absolute atomic E-state index is 4.42. The molecule has 1 fully saturated rings. The Bertz CT molecular complexity index is 312. The third-order valence-electron chi connectivity index (χ3n) is 4.64. The molecule has 1 atom stereocenters. The molecule has 1 heterocycles. The number of imidazole rings is 1. The Morgan fingerprint density at radius 1 is 1.26 bits per heavy atom. The van der Waals surface area contributed by atoms with Crippen molar-refractivity contribution >= 4 is 0 Å². The Hall–Kier alpha value is -0.790. The maximum Gasteiger partial charge on any atom is 0.106 e. The van der Waals surface area contributed by atoms with Crippen molar-refractivity contribution in [2.24, 2.45) is 11.8 Å². The molecule has 1 aromatic heterocycles. The number of aromatic nitrogens is 2. The van der Waals surface area contributed by atoms with Gasteiger partial charge in [0.25, 0.3) is 0 Å². The van der Waals surface area contributed by atoms with Crippen molar-refractivity contribution in [3.63, 3.8) is 0 Å². The normalized spacial score (nSPS) is 18.6. The highest BCUT2D eigenvalue weighted by atomic mass is 14.9. The van der Waals surface area contributed by atoms with E-state index in [-0.39, 0.29) is 0 Å². The molecule has 2 heteroatoms. The molecule has 1 aliphatic rings. The second-order valence-corrected chi connectivity index (χ2v) is 6.34. The van der Waals surface area contributed by atoms with E-state index < -0.39 is 0 Å². The number of rotatable bonds is 8. The SMILES string of the molecule is CCCCCC(Cc1ncc[nH]1)CC1CCCCC1. The lowest BCUT2D eigenvalue weighted by Gasteiger charge is -2.26. The lowest BCUT2D eigenvalue weighted by atomic mass is 9.80. The van der Waals surface area contributed by atoms with E-state index in [1.165, 1.54) is 70.0 Å². The van der Waals surface area contributed by atoms with E-state index in [4.69, 9.17) is 0 Å². The first-order valence-electron chi connectivity index (χ1n) is 8.36. The molecule has 2 rings (SSSR count). The number of nitrogens with zero attached hydrogens (tertiary/aromatic N) is 1. The van der Waals surface area contributed by atoms with Gasteiger partial charge in [-0.25, -0.2) is 4.98 Å². The fraction of sp³-hybridized carbons (Fsp3) is 0.824. The van der Waals surface area contributed by atoms with Gasteiger partial charge in [0.1, 0.15) is 5.82 Å². The van der Waals surface area contributed by atoms with Crippen LogP contribution < -0.4 is 0 Å². The summed E-state index contributed by atoms with van der Waals surface area (Å²) in [4.78, 5) is 7.71. The van der Waals surface area contributed by atoms with Crippen molar-refractivity contribution in [1.82, 2.24) is 9.97 Å². The fourth-order valence-electron chi connectivity index (χ4n) is 3.56. The van der Waals surface area contributed by atoms with Gasteiger partial charge in [-0.3, -0.25) is 0 Å². The maximum atomic E-state index is 4.42. The molecule has 0 saturated heterocycles. The first-order valence-corrected chi connectivity index (χ1v) is 8.36. The van der Waals surface area contributed by atoms with Gasteiger partial charge in [0.2, 0.25) is 0 Å². The molecule has 108 valence electrons. The van der Waals surface area contributed by atoms with Gasteiger partial charge >= 0.3 is 0 Å². The van der Waals surface area contributed by atoms with Gasteiger partial charge in [0.15, 0.2) is 0 Å². The van der Waals surface area contributed by atoms with Crippen LogP contribution in [0, 0.1) is 11.8 Å². The summed E-state index contributed by atoms with van der Waals surface area (Å²) in [6, 6.07) is 0. The average molecular weight is 262 g/mol. The van der Waals surface area contributed by atoms with Gasteiger partial charge in [-0.05, 0) is 18.3 Å². The van der Waals surface area contributed by atoms with E-state index in [9.17, 15) is 0 Å². The minimum atomic E-state index is 0.848. The minimum Gasteiger partial charge on any atom is -0.349 e. The molecule has 0 bridgehead atoms. The van der Waals surface area contributed by atoms with Crippen molar-refractivity contribution in [2.75, 3.05) is 0 Å². The van der Waals surface area contributed by atoms with Crippen LogP contribution in [0.1, 0.15) is 77.0 Å². The Kier molecular flexibility index (Phi) is 6.46. The predicted octanol–water partition coefficient (Wildman–Crippen LogP) is 5.12. The highest BCUT2D eigenvalue weighted by molar-refractivity contribution is 4.89. The van der Waals surface area contributed by atoms with Crippen molar-refractivity contribution in [2.45, 2.75) is 77.6 Å². The smallest absolute Gasteiger partial charge is 0.106 e. The monoisotopic (exact) mass is 262 g/mol. The van der Waals surface area contributed by atoms with Crippen LogP contribution in [-0.4, -0.2) is 9.97 Å². The molecule has 0 aromatic carbocycles. The van der Waals surface area contributed by atoms with Crippen molar-refractivity contribution in [1.29, 1.82) is 0 Å². The largest absolute Gasteiger partial charge is 0.349 e. The molecule has 1 N–H and O–H groups in total. The van der Waals surface area contributed by atoms with Crippen molar-refractivity contribution < 1.29 is 0 Å². The summed E-state index contributed by atoms with van der Waals surface area (Å²) >= 11 is 0. The molecule has 0 spiro atoms. The first-order chi connectivity index (χ1) is 9.38. The number of H-pyrrole nitrogens is 1. The molecular weight excluding hydrogens is 232 g/mol. The number of hydrogen-bond donors (Lipinski definition) is 1.